The van der Waals surface area contributed by atoms with Gasteiger partial charge in [0.25, 0.3) is 0 Å². The van der Waals surface area contributed by atoms with Gasteiger partial charge < -0.3 is 15.5 Å². The summed E-state index contributed by atoms with van der Waals surface area (Å²) in [6.07, 6.45) is 1.84. The van der Waals surface area contributed by atoms with Gasteiger partial charge in [-0.3, -0.25) is 9.48 Å². The summed E-state index contributed by atoms with van der Waals surface area (Å²) in [5.74, 6) is 0.253. The Balaban J connectivity index is 1.77. The van der Waals surface area contributed by atoms with Gasteiger partial charge in [-0.1, -0.05) is 6.92 Å². The van der Waals surface area contributed by atoms with Crippen LogP contribution in [0, 0.1) is 19.8 Å². The molecule has 1 aromatic heterocycles. The Morgan fingerprint density at radius 2 is 2.17 bits per heavy atom. The molecule has 2 N–H and O–H groups in total. The molecule has 0 saturated carbocycles. The van der Waals surface area contributed by atoms with Crippen LogP contribution in [0.25, 0.3) is 0 Å². The second-order valence-corrected chi connectivity index (χ2v) is 6.89. The maximum atomic E-state index is 12.3. The monoisotopic (exact) mass is 335 g/mol. The van der Waals surface area contributed by atoms with Gasteiger partial charge in [0.05, 0.1) is 5.69 Å². The Kier molecular flexibility index (Phi) is 6.23. The van der Waals surface area contributed by atoms with Crippen molar-refractivity contribution in [2.24, 2.45) is 5.92 Å². The molecule has 1 aliphatic heterocycles. The Bertz CT molecular complexity index is 584. The molecule has 1 aromatic rings. The van der Waals surface area contributed by atoms with E-state index in [0.29, 0.717) is 19.0 Å². The van der Waals surface area contributed by atoms with E-state index in [0.717, 1.165) is 37.3 Å². The SMILES string of the molecule is CC(=O)N[C@@H]1CCCN(C(=O)NC[C@@H](C)Cn2nc(C)cc2C)C1. The average molecular weight is 335 g/mol. The van der Waals surface area contributed by atoms with E-state index in [4.69, 9.17) is 0 Å². The largest absolute Gasteiger partial charge is 0.352 e. The molecule has 7 nitrogen and oxygen atoms in total. The zero-order chi connectivity index (χ0) is 17.7. The number of rotatable bonds is 5. The van der Waals surface area contributed by atoms with E-state index in [-0.39, 0.29) is 18.0 Å². The minimum atomic E-state index is -0.0507. The van der Waals surface area contributed by atoms with E-state index in [9.17, 15) is 9.59 Å². The molecular formula is C17H29N5O2. The zero-order valence-corrected chi connectivity index (χ0v) is 15.1. The molecular weight excluding hydrogens is 306 g/mol. The van der Waals surface area contributed by atoms with Crippen molar-refractivity contribution in [1.29, 1.82) is 0 Å². The molecule has 2 heterocycles. The van der Waals surface area contributed by atoms with Gasteiger partial charge in [0.1, 0.15) is 0 Å². The smallest absolute Gasteiger partial charge is 0.317 e. The summed E-state index contributed by atoms with van der Waals surface area (Å²) in [6.45, 7) is 10.4. The number of nitrogens with one attached hydrogen (secondary N) is 2. The first kappa shape index (κ1) is 18.3. The predicted molar refractivity (Wildman–Crippen MR) is 92.7 cm³/mol. The number of piperidine rings is 1. The molecule has 134 valence electrons. The number of nitrogens with zero attached hydrogens (tertiary/aromatic N) is 3. The van der Waals surface area contributed by atoms with Crippen molar-refractivity contribution in [3.63, 3.8) is 0 Å². The molecule has 1 fully saturated rings. The number of carbonyl (C=O) groups is 2. The van der Waals surface area contributed by atoms with Crippen molar-refractivity contribution in [3.05, 3.63) is 17.5 Å². The molecule has 24 heavy (non-hydrogen) atoms. The average Bonchev–Trinajstić information content (AvgIpc) is 2.82. The van der Waals surface area contributed by atoms with Crippen LogP contribution in [-0.4, -0.2) is 52.3 Å². The first-order chi connectivity index (χ1) is 11.3. The molecule has 1 saturated heterocycles. The van der Waals surface area contributed by atoms with Crippen molar-refractivity contribution in [2.45, 2.75) is 53.1 Å². The molecule has 0 radical (unpaired) electrons. The number of urea groups is 1. The molecule has 2 rings (SSSR count). The fourth-order valence-corrected chi connectivity index (χ4v) is 3.16. The lowest BCUT2D eigenvalue weighted by Gasteiger charge is -2.33. The standard InChI is InChI=1S/C17H29N5O2/c1-12(10-22-14(3)8-13(2)20-22)9-18-17(24)21-7-5-6-16(11-21)19-15(4)23/h8,12,16H,5-7,9-11H2,1-4H3,(H,18,24)(H,19,23)/t12-,16-/m1/s1. The lowest BCUT2D eigenvalue weighted by molar-refractivity contribution is -0.119. The van der Waals surface area contributed by atoms with Crippen molar-refractivity contribution in [2.75, 3.05) is 19.6 Å². The van der Waals surface area contributed by atoms with Crippen LogP contribution in [0.4, 0.5) is 4.79 Å². The molecule has 7 heteroatoms. The Labute approximate surface area is 143 Å². The Morgan fingerprint density at radius 1 is 1.42 bits per heavy atom. The van der Waals surface area contributed by atoms with Crippen LogP contribution in [0.2, 0.25) is 0 Å². The van der Waals surface area contributed by atoms with Crippen molar-refractivity contribution in [1.82, 2.24) is 25.3 Å². The summed E-state index contributed by atoms with van der Waals surface area (Å²) < 4.78 is 1.99. The lowest BCUT2D eigenvalue weighted by Crippen LogP contribution is -2.52. The third kappa shape index (κ3) is 5.25. The zero-order valence-electron chi connectivity index (χ0n) is 15.1. The normalized spacial score (nSPS) is 19.0. The van der Waals surface area contributed by atoms with Crippen molar-refractivity contribution in [3.8, 4) is 0 Å². The fourth-order valence-electron chi connectivity index (χ4n) is 3.16. The number of aryl methyl sites for hydroxylation is 2. The highest BCUT2D eigenvalue weighted by Gasteiger charge is 2.24. The number of likely N-dealkylation sites (tertiary alicyclic amines) is 1. The molecule has 0 unspecified atom stereocenters. The number of hydrogen-bond acceptors (Lipinski definition) is 3. The van der Waals surface area contributed by atoms with Crippen LogP contribution in [0.1, 0.15) is 38.1 Å². The summed E-state index contributed by atoms with van der Waals surface area (Å²) in [5.41, 5.74) is 2.15. The maximum absolute atomic E-state index is 12.3. The van der Waals surface area contributed by atoms with Crippen LogP contribution in [0.15, 0.2) is 6.07 Å². The second-order valence-electron chi connectivity index (χ2n) is 6.89. The van der Waals surface area contributed by atoms with Gasteiger partial charge in [-0.2, -0.15) is 5.10 Å². The summed E-state index contributed by atoms with van der Waals surface area (Å²) in [6, 6.07) is 2.07. The van der Waals surface area contributed by atoms with E-state index in [1.165, 1.54) is 6.92 Å². The van der Waals surface area contributed by atoms with Crippen LogP contribution in [-0.2, 0) is 11.3 Å². The minimum absolute atomic E-state index is 0.0410. The van der Waals surface area contributed by atoms with E-state index >= 15 is 0 Å². The summed E-state index contributed by atoms with van der Waals surface area (Å²) in [7, 11) is 0. The highest BCUT2D eigenvalue weighted by Crippen LogP contribution is 2.11. The molecule has 0 aliphatic carbocycles. The van der Waals surface area contributed by atoms with Gasteiger partial charge in [0.15, 0.2) is 0 Å². The second kappa shape index (κ2) is 8.17. The third-order valence-corrected chi connectivity index (χ3v) is 4.31. The minimum Gasteiger partial charge on any atom is -0.352 e. The maximum Gasteiger partial charge on any atom is 0.317 e. The van der Waals surface area contributed by atoms with Crippen LogP contribution in [0.5, 0.6) is 0 Å². The van der Waals surface area contributed by atoms with Crippen LogP contribution >= 0.6 is 0 Å². The first-order valence-corrected chi connectivity index (χ1v) is 8.66. The molecule has 0 spiro atoms. The molecule has 1 aliphatic rings. The highest BCUT2D eigenvalue weighted by atomic mass is 16.2. The molecule has 3 amide bonds. The van der Waals surface area contributed by atoms with Gasteiger partial charge in [-0.15, -0.1) is 0 Å². The number of aromatic nitrogens is 2. The third-order valence-electron chi connectivity index (χ3n) is 4.31. The fraction of sp³-hybridized carbons (Fsp3) is 0.706. The predicted octanol–water partition coefficient (Wildman–Crippen LogP) is 1.45. The van der Waals surface area contributed by atoms with Gasteiger partial charge in [-0.05, 0) is 38.7 Å². The van der Waals surface area contributed by atoms with E-state index in [1.54, 1.807) is 4.90 Å². The van der Waals surface area contributed by atoms with Crippen molar-refractivity contribution >= 4 is 11.9 Å². The van der Waals surface area contributed by atoms with Gasteiger partial charge in [0, 0.05) is 44.8 Å². The molecule has 0 bridgehead atoms. The van der Waals surface area contributed by atoms with Crippen LogP contribution < -0.4 is 10.6 Å². The Hall–Kier alpha value is -2.05. The number of hydrogen-bond donors (Lipinski definition) is 2. The quantitative estimate of drug-likeness (QED) is 0.855. The topological polar surface area (TPSA) is 79.3 Å². The lowest BCUT2D eigenvalue weighted by atomic mass is 10.1. The Morgan fingerprint density at radius 3 is 2.79 bits per heavy atom. The van der Waals surface area contributed by atoms with Crippen LogP contribution in [0.3, 0.4) is 0 Å². The van der Waals surface area contributed by atoms with Gasteiger partial charge in [0.2, 0.25) is 5.91 Å². The summed E-state index contributed by atoms with van der Waals surface area (Å²) >= 11 is 0. The molecule has 0 aromatic carbocycles. The highest BCUT2D eigenvalue weighted by molar-refractivity contribution is 5.75. The number of amides is 3. The first-order valence-electron chi connectivity index (χ1n) is 8.66. The number of carbonyl (C=O) groups excluding carboxylic acids is 2. The van der Waals surface area contributed by atoms with Gasteiger partial charge >= 0.3 is 6.03 Å². The van der Waals surface area contributed by atoms with E-state index in [1.807, 2.05) is 18.5 Å². The van der Waals surface area contributed by atoms with E-state index in [2.05, 4.69) is 28.7 Å². The van der Waals surface area contributed by atoms with Gasteiger partial charge in [-0.25, -0.2) is 4.79 Å². The van der Waals surface area contributed by atoms with Crippen molar-refractivity contribution < 1.29 is 9.59 Å². The molecule has 2 atom stereocenters. The summed E-state index contributed by atoms with van der Waals surface area (Å²) in [4.78, 5) is 25.3. The van der Waals surface area contributed by atoms with E-state index < -0.39 is 0 Å². The summed E-state index contributed by atoms with van der Waals surface area (Å²) in [5, 5.41) is 10.4.